The average molecular weight is 465 g/mol. The minimum atomic E-state index is -0.188. The number of ether oxygens (including phenoxy) is 2. The van der Waals surface area contributed by atoms with Gasteiger partial charge in [0.25, 0.3) is 5.91 Å². The molecule has 0 saturated heterocycles. The number of carbonyl (C=O) groups is 2. The molecule has 1 unspecified atom stereocenters. The first-order valence-electron chi connectivity index (χ1n) is 11.1. The van der Waals surface area contributed by atoms with Crippen LogP contribution in [0.2, 0.25) is 0 Å². The monoisotopic (exact) mass is 464 g/mol. The standard InChI is InChI=1S/C26H28N2O4S/c1-3-19(2)28(26(30)21-11-12-23-24(14-21)32-18-31-23)17-25(29)27(16-22-10-7-13-33-22)15-20-8-5-4-6-9-20/h4-14,19H,3,15-18H2,1-2H3. The first kappa shape index (κ1) is 22.9. The van der Waals surface area contributed by atoms with Gasteiger partial charge in [-0.15, -0.1) is 11.3 Å². The van der Waals surface area contributed by atoms with Crippen molar-refractivity contribution in [2.24, 2.45) is 0 Å². The maximum Gasteiger partial charge on any atom is 0.254 e. The van der Waals surface area contributed by atoms with Crippen LogP contribution in [0, 0.1) is 0 Å². The smallest absolute Gasteiger partial charge is 0.254 e. The molecular formula is C26H28N2O4S. The maximum absolute atomic E-state index is 13.5. The molecule has 3 aromatic rings. The van der Waals surface area contributed by atoms with Crippen LogP contribution in [-0.4, -0.2) is 41.0 Å². The van der Waals surface area contributed by atoms with Gasteiger partial charge in [0.15, 0.2) is 11.5 Å². The quantitative estimate of drug-likeness (QED) is 0.450. The minimum Gasteiger partial charge on any atom is -0.454 e. The molecule has 0 spiro atoms. The van der Waals surface area contributed by atoms with E-state index in [1.165, 1.54) is 0 Å². The molecule has 4 rings (SSSR count). The van der Waals surface area contributed by atoms with Crippen LogP contribution in [-0.2, 0) is 17.9 Å². The van der Waals surface area contributed by atoms with Gasteiger partial charge < -0.3 is 19.3 Å². The average Bonchev–Trinajstić information content (AvgIpc) is 3.53. The Hall–Kier alpha value is -3.32. The Bertz CT molecular complexity index is 1080. The molecule has 0 saturated carbocycles. The van der Waals surface area contributed by atoms with Gasteiger partial charge >= 0.3 is 0 Å². The number of fused-ring (bicyclic) bond motifs is 1. The normalized spacial score (nSPS) is 12.9. The van der Waals surface area contributed by atoms with Crippen LogP contribution in [0.3, 0.4) is 0 Å². The fourth-order valence-electron chi connectivity index (χ4n) is 3.72. The highest BCUT2D eigenvalue weighted by Crippen LogP contribution is 2.33. The van der Waals surface area contributed by atoms with Crippen LogP contribution in [0.1, 0.15) is 41.1 Å². The molecule has 33 heavy (non-hydrogen) atoms. The van der Waals surface area contributed by atoms with Crippen molar-refractivity contribution in [2.45, 2.75) is 39.4 Å². The van der Waals surface area contributed by atoms with Crippen molar-refractivity contribution in [3.05, 3.63) is 82.0 Å². The van der Waals surface area contributed by atoms with Crippen molar-refractivity contribution in [1.82, 2.24) is 9.80 Å². The molecule has 1 atom stereocenters. The first-order chi connectivity index (χ1) is 16.0. The summed E-state index contributed by atoms with van der Waals surface area (Å²) in [7, 11) is 0. The summed E-state index contributed by atoms with van der Waals surface area (Å²) in [6.45, 7) is 5.15. The molecule has 0 aliphatic carbocycles. The zero-order valence-electron chi connectivity index (χ0n) is 18.9. The molecule has 0 bridgehead atoms. The summed E-state index contributed by atoms with van der Waals surface area (Å²) >= 11 is 1.62. The zero-order chi connectivity index (χ0) is 23.2. The van der Waals surface area contributed by atoms with E-state index < -0.39 is 0 Å². The Morgan fingerprint density at radius 1 is 1.00 bits per heavy atom. The highest BCUT2D eigenvalue weighted by Gasteiger charge is 2.27. The number of carbonyl (C=O) groups excluding carboxylic acids is 2. The molecule has 1 aromatic heterocycles. The van der Waals surface area contributed by atoms with Crippen LogP contribution >= 0.6 is 11.3 Å². The molecule has 0 fully saturated rings. The van der Waals surface area contributed by atoms with Gasteiger partial charge in [-0.3, -0.25) is 9.59 Å². The number of hydrogen-bond donors (Lipinski definition) is 0. The molecule has 2 amide bonds. The second kappa shape index (κ2) is 10.5. The fraction of sp³-hybridized carbons (Fsp3) is 0.308. The molecule has 7 heteroatoms. The van der Waals surface area contributed by atoms with E-state index in [2.05, 4.69) is 0 Å². The summed E-state index contributed by atoms with van der Waals surface area (Å²) in [5.74, 6) is 0.913. The molecule has 172 valence electrons. The van der Waals surface area contributed by atoms with E-state index in [0.717, 1.165) is 16.9 Å². The summed E-state index contributed by atoms with van der Waals surface area (Å²) < 4.78 is 10.8. The number of nitrogens with zero attached hydrogens (tertiary/aromatic N) is 2. The van der Waals surface area contributed by atoms with Gasteiger partial charge in [0.05, 0.1) is 6.54 Å². The van der Waals surface area contributed by atoms with E-state index in [-0.39, 0.29) is 31.2 Å². The molecule has 0 N–H and O–H groups in total. The number of rotatable bonds is 9. The summed E-state index contributed by atoms with van der Waals surface area (Å²) in [4.78, 5) is 31.5. The second-order valence-electron chi connectivity index (χ2n) is 8.07. The highest BCUT2D eigenvalue weighted by atomic mass is 32.1. The van der Waals surface area contributed by atoms with Crippen LogP contribution < -0.4 is 9.47 Å². The van der Waals surface area contributed by atoms with Gasteiger partial charge in [0, 0.05) is 23.0 Å². The molecule has 0 radical (unpaired) electrons. The lowest BCUT2D eigenvalue weighted by Crippen LogP contribution is -2.46. The Morgan fingerprint density at radius 2 is 1.79 bits per heavy atom. The largest absolute Gasteiger partial charge is 0.454 e. The van der Waals surface area contributed by atoms with Gasteiger partial charge in [-0.1, -0.05) is 43.3 Å². The lowest BCUT2D eigenvalue weighted by atomic mass is 10.1. The summed E-state index contributed by atoms with van der Waals surface area (Å²) in [6.07, 6.45) is 0.743. The second-order valence-corrected chi connectivity index (χ2v) is 9.11. The topological polar surface area (TPSA) is 59.1 Å². The zero-order valence-corrected chi connectivity index (χ0v) is 19.7. The summed E-state index contributed by atoms with van der Waals surface area (Å²) in [5.41, 5.74) is 1.54. The Kier molecular flexibility index (Phi) is 7.29. The van der Waals surface area contributed by atoms with Crippen molar-refractivity contribution in [3.8, 4) is 11.5 Å². The van der Waals surface area contributed by atoms with Gasteiger partial charge in [0.1, 0.15) is 6.54 Å². The third-order valence-electron chi connectivity index (χ3n) is 5.80. The van der Waals surface area contributed by atoms with Crippen molar-refractivity contribution in [3.63, 3.8) is 0 Å². The van der Waals surface area contributed by atoms with E-state index in [0.29, 0.717) is 30.2 Å². The summed E-state index contributed by atoms with van der Waals surface area (Å²) in [6, 6.07) is 19.0. The van der Waals surface area contributed by atoms with Crippen LogP contribution in [0.15, 0.2) is 66.0 Å². The molecular weight excluding hydrogens is 436 g/mol. The maximum atomic E-state index is 13.5. The Balaban J connectivity index is 1.55. The fourth-order valence-corrected chi connectivity index (χ4v) is 4.44. The van der Waals surface area contributed by atoms with Crippen LogP contribution in [0.5, 0.6) is 11.5 Å². The number of thiophene rings is 1. The molecule has 1 aliphatic heterocycles. The van der Waals surface area contributed by atoms with Crippen molar-refractivity contribution in [1.29, 1.82) is 0 Å². The Morgan fingerprint density at radius 3 is 2.52 bits per heavy atom. The SMILES string of the molecule is CCC(C)N(CC(=O)N(Cc1ccccc1)Cc1cccs1)C(=O)c1ccc2c(c1)OCO2. The van der Waals surface area contributed by atoms with E-state index in [1.807, 2.05) is 66.6 Å². The van der Waals surface area contributed by atoms with Gasteiger partial charge in [-0.05, 0) is 48.6 Å². The van der Waals surface area contributed by atoms with Crippen molar-refractivity contribution < 1.29 is 19.1 Å². The third kappa shape index (κ3) is 5.54. The van der Waals surface area contributed by atoms with E-state index >= 15 is 0 Å². The Labute approximate surface area is 198 Å². The predicted octanol–water partition coefficient (Wildman–Crippen LogP) is 4.95. The highest BCUT2D eigenvalue weighted by molar-refractivity contribution is 7.09. The third-order valence-corrected chi connectivity index (χ3v) is 6.67. The first-order valence-corrected chi connectivity index (χ1v) is 12.0. The van der Waals surface area contributed by atoms with Gasteiger partial charge in [-0.2, -0.15) is 0 Å². The molecule has 1 aliphatic rings. The molecule has 2 aromatic carbocycles. The number of amides is 2. The lowest BCUT2D eigenvalue weighted by molar-refractivity contribution is -0.133. The van der Waals surface area contributed by atoms with Crippen molar-refractivity contribution >= 4 is 23.2 Å². The molecule has 2 heterocycles. The number of benzene rings is 2. The van der Waals surface area contributed by atoms with E-state index in [1.54, 1.807) is 34.4 Å². The minimum absolute atomic E-state index is 0.0144. The molecule has 6 nitrogen and oxygen atoms in total. The van der Waals surface area contributed by atoms with Gasteiger partial charge in [-0.25, -0.2) is 0 Å². The van der Waals surface area contributed by atoms with Gasteiger partial charge in [0.2, 0.25) is 12.7 Å². The van der Waals surface area contributed by atoms with Crippen LogP contribution in [0.4, 0.5) is 0 Å². The number of hydrogen-bond acceptors (Lipinski definition) is 5. The summed E-state index contributed by atoms with van der Waals surface area (Å²) in [5, 5.41) is 2.01. The van der Waals surface area contributed by atoms with Crippen molar-refractivity contribution in [2.75, 3.05) is 13.3 Å². The lowest BCUT2D eigenvalue weighted by Gasteiger charge is -2.31. The van der Waals surface area contributed by atoms with E-state index in [9.17, 15) is 9.59 Å². The predicted molar refractivity (Wildman–Crippen MR) is 128 cm³/mol. The van der Waals surface area contributed by atoms with E-state index in [4.69, 9.17) is 9.47 Å². The van der Waals surface area contributed by atoms with Crippen LogP contribution in [0.25, 0.3) is 0 Å².